The van der Waals surface area contributed by atoms with E-state index >= 15 is 0 Å². The molecule has 2 fully saturated rings. The van der Waals surface area contributed by atoms with E-state index in [-0.39, 0.29) is 76.5 Å². The highest BCUT2D eigenvalue weighted by Crippen LogP contribution is 2.15. The minimum Gasteiger partial charge on any atom is -0.446 e. The number of ketones is 2. The Labute approximate surface area is 172 Å². The average molecular weight is 427 g/mol. The van der Waals surface area contributed by atoms with Gasteiger partial charge in [0, 0.05) is 45.3 Å². The third-order valence-corrected chi connectivity index (χ3v) is 4.36. The van der Waals surface area contributed by atoms with Gasteiger partial charge < -0.3 is 19.0 Å². The van der Waals surface area contributed by atoms with Crippen LogP contribution >= 0.6 is 0 Å². The van der Waals surface area contributed by atoms with Crippen LogP contribution in [-0.2, 0) is 47.8 Å². The monoisotopic (exact) mass is 427 g/mol. The molecule has 0 aromatic heterocycles. The number of esters is 1. The molecule has 166 valence electrons. The lowest BCUT2D eigenvalue weighted by atomic mass is 10.2. The summed E-state index contributed by atoms with van der Waals surface area (Å²) in [6, 6.07) is 0. The van der Waals surface area contributed by atoms with Gasteiger partial charge in [0.05, 0.1) is 19.6 Å². The lowest BCUT2D eigenvalue weighted by Gasteiger charge is -2.12. The van der Waals surface area contributed by atoms with Crippen LogP contribution < -0.4 is 0 Å². The molecule has 0 aromatic rings. The molecule has 0 atom stereocenters. The number of Topliss-reactive ketones (excluding diaryl/α,β-unsaturated/α-hetero) is 2. The second-order valence-corrected chi connectivity index (χ2v) is 6.78. The average Bonchev–Trinajstić information content (AvgIpc) is 3.19. The smallest absolute Gasteiger partial charge is 0.333 e. The fraction of sp³-hybridized carbons (Fsp3) is 0.684. The number of carbonyl (C=O) groups excluding carboxylic acids is 6. The van der Waals surface area contributed by atoms with E-state index < -0.39 is 29.9 Å². The molecule has 0 spiro atoms. The topological polar surface area (TPSA) is 143 Å². The molecule has 0 aromatic carbocycles. The Kier molecular flexibility index (Phi) is 9.55. The molecule has 1 saturated heterocycles. The van der Waals surface area contributed by atoms with Crippen molar-refractivity contribution >= 4 is 35.3 Å². The molecule has 2 amide bonds. The van der Waals surface area contributed by atoms with Crippen LogP contribution in [0.25, 0.3) is 0 Å². The highest BCUT2D eigenvalue weighted by molar-refractivity contribution is 6.12. The molecule has 2 rings (SSSR count). The van der Waals surface area contributed by atoms with Crippen LogP contribution in [-0.4, -0.2) is 72.9 Å². The van der Waals surface area contributed by atoms with Crippen LogP contribution in [0, 0.1) is 0 Å². The van der Waals surface area contributed by atoms with Crippen molar-refractivity contribution in [1.29, 1.82) is 0 Å². The molecule has 1 aliphatic heterocycles. The second kappa shape index (κ2) is 12.1. The van der Waals surface area contributed by atoms with E-state index in [1.54, 1.807) is 0 Å². The summed E-state index contributed by atoms with van der Waals surface area (Å²) in [5, 5.41) is 0.510. The summed E-state index contributed by atoms with van der Waals surface area (Å²) >= 11 is 0. The molecular formula is C19H25NO10. The van der Waals surface area contributed by atoms with Gasteiger partial charge in [-0.2, -0.15) is 0 Å². The van der Waals surface area contributed by atoms with E-state index in [4.69, 9.17) is 19.0 Å². The van der Waals surface area contributed by atoms with Gasteiger partial charge in [0.15, 0.2) is 11.6 Å². The summed E-state index contributed by atoms with van der Waals surface area (Å²) in [6.45, 7) is 1.13. The number of hydrogen-bond acceptors (Lipinski definition) is 10. The van der Waals surface area contributed by atoms with Crippen LogP contribution in [0.4, 0.5) is 0 Å². The number of amides is 2. The summed E-state index contributed by atoms with van der Waals surface area (Å²) in [7, 11) is 0. The summed E-state index contributed by atoms with van der Waals surface area (Å²) < 4.78 is 15.5. The van der Waals surface area contributed by atoms with Crippen molar-refractivity contribution in [1.82, 2.24) is 5.06 Å². The highest BCUT2D eigenvalue weighted by atomic mass is 16.7. The SMILES string of the molecule is O=C(CCCOCCOCCCC(=O)ON1C(=O)CCC1=O)OC1C(=O)CCC1=O. The van der Waals surface area contributed by atoms with Gasteiger partial charge in [-0.15, -0.1) is 5.06 Å². The second-order valence-electron chi connectivity index (χ2n) is 6.78. The molecule has 11 nitrogen and oxygen atoms in total. The molecule has 0 radical (unpaired) electrons. The zero-order chi connectivity index (χ0) is 21.9. The van der Waals surface area contributed by atoms with Gasteiger partial charge in [0.1, 0.15) is 0 Å². The normalized spacial score (nSPS) is 17.1. The maximum atomic E-state index is 11.6. The molecule has 1 saturated carbocycles. The van der Waals surface area contributed by atoms with Crippen molar-refractivity contribution < 1.29 is 47.8 Å². The first-order valence-corrected chi connectivity index (χ1v) is 9.85. The maximum Gasteiger partial charge on any atom is 0.333 e. The van der Waals surface area contributed by atoms with Crippen molar-refractivity contribution in [3.63, 3.8) is 0 Å². The Morgan fingerprint density at radius 3 is 1.77 bits per heavy atom. The van der Waals surface area contributed by atoms with Gasteiger partial charge in [-0.1, -0.05) is 0 Å². The lowest BCUT2D eigenvalue weighted by molar-refractivity contribution is -0.197. The van der Waals surface area contributed by atoms with Crippen LogP contribution in [0.15, 0.2) is 0 Å². The minimum atomic E-state index is -1.24. The molecule has 0 unspecified atom stereocenters. The van der Waals surface area contributed by atoms with Gasteiger partial charge in [0.25, 0.3) is 11.8 Å². The van der Waals surface area contributed by atoms with Gasteiger partial charge in [-0.25, -0.2) is 4.79 Å². The summed E-state index contributed by atoms with van der Waals surface area (Å²) in [5.74, 6) is -3.02. The molecule has 11 heteroatoms. The van der Waals surface area contributed by atoms with Crippen molar-refractivity contribution in [2.45, 2.75) is 57.5 Å². The van der Waals surface area contributed by atoms with Gasteiger partial charge >= 0.3 is 11.9 Å². The predicted octanol–water partition coefficient (Wildman–Crippen LogP) is 0.0310. The van der Waals surface area contributed by atoms with E-state index in [1.165, 1.54) is 0 Å². The third-order valence-electron chi connectivity index (χ3n) is 4.36. The van der Waals surface area contributed by atoms with E-state index in [0.29, 0.717) is 17.9 Å². The molecular weight excluding hydrogens is 402 g/mol. The van der Waals surface area contributed by atoms with Crippen LogP contribution in [0.2, 0.25) is 0 Å². The van der Waals surface area contributed by atoms with Crippen LogP contribution in [0.1, 0.15) is 51.4 Å². The standard InChI is InChI=1S/C19H25NO10/c21-13-5-6-14(22)19(13)29-17(25)3-1-9-27-11-12-28-10-2-4-18(26)30-20-15(23)7-8-16(20)24/h19H,1-12H2. The number of nitrogens with zero attached hydrogens (tertiary/aromatic N) is 1. The molecule has 1 aliphatic carbocycles. The van der Waals surface area contributed by atoms with Crippen molar-refractivity contribution in [2.24, 2.45) is 0 Å². The molecule has 30 heavy (non-hydrogen) atoms. The highest BCUT2D eigenvalue weighted by Gasteiger charge is 2.36. The number of hydrogen-bond donors (Lipinski definition) is 0. The predicted molar refractivity (Wildman–Crippen MR) is 96.4 cm³/mol. The number of ether oxygens (including phenoxy) is 3. The van der Waals surface area contributed by atoms with Crippen molar-refractivity contribution in [3.8, 4) is 0 Å². The fourth-order valence-corrected chi connectivity index (χ4v) is 2.77. The number of rotatable bonds is 13. The van der Waals surface area contributed by atoms with Crippen LogP contribution in [0.5, 0.6) is 0 Å². The molecule has 1 heterocycles. The number of hydroxylamine groups is 2. The Hall–Kier alpha value is -2.66. The van der Waals surface area contributed by atoms with E-state index in [9.17, 15) is 28.8 Å². The number of imide groups is 1. The van der Waals surface area contributed by atoms with Gasteiger partial charge in [0.2, 0.25) is 6.10 Å². The Morgan fingerprint density at radius 1 is 0.733 bits per heavy atom. The lowest BCUT2D eigenvalue weighted by Crippen LogP contribution is -2.32. The number of carbonyl (C=O) groups is 6. The Balaban J connectivity index is 1.39. The van der Waals surface area contributed by atoms with Gasteiger partial charge in [-0.3, -0.25) is 24.0 Å². The zero-order valence-electron chi connectivity index (χ0n) is 16.6. The Morgan fingerprint density at radius 2 is 1.23 bits per heavy atom. The Bertz CT molecular complexity index is 599. The van der Waals surface area contributed by atoms with Gasteiger partial charge in [-0.05, 0) is 12.8 Å². The largest absolute Gasteiger partial charge is 0.446 e. The van der Waals surface area contributed by atoms with Crippen molar-refractivity contribution in [2.75, 3.05) is 26.4 Å². The molecule has 2 aliphatic rings. The maximum absolute atomic E-state index is 11.6. The zero-order valence-corrected chi connectivity index (χ0v) is 16.6. The third kappa shape index (κ3) is 7.64. The molecule has 0 N–H and O–H groups in total. The van der Waals surface area contributed by atoms with Crippen LogP contribution in [0.3, 0.4) is 0 Å². The van der Waals surface area contributed by atoms with Crippen molar-refractivity contribution in [3.05, 3.63) is 0 Å². The first-order valence-electron chi connectivity index (χ1n) is 9.85. The summed E-state index contributed by atoms with van der Waals surface area (Å²) in [4.78, 5) is 73.3. The van der Waals surface area contributed by atoms with E-state index in [2.05, 4.69) is 0 Å². The van der Waals surface area contributed by atoms with E-state index in [0.717, 1.165) is 0 Å². The first-order chi connectivity index (χ1) is 14.4. The minimum absolute atomic E-state index is 0.00598. The quantitative estimate of drug-likeness (QED) is 0.171. The van der Waals surface area contributed by atoms with E-state index in [1.807, 2.05) is 0 Å². The fourth-order valence-electron chi connectivity index (χ4n) is 2.77. The molecule has 0 bridgehead atoms. The summed E-state index contributed by atoms with van der Waals surface area (Å²) in [6.07, 6.45) is -0.0913. The summed E-state index contributed by atoms with van der Waals surface area (Å²) in [5.41, 5.74) is 0. The first kappa shape index (κ1) is 23.6.